The lowest BCUT2D eigenvalue weighted by atomic mass is 9.88. The molecule has 2 amide bonds. The van der Waals surface area contributed by atoms with Gasteiger partial charge >= 0.3 is 17.9 Å². The second kappa shape index (κ2) is 18.2. The number of rotatable bonds is 16. The van der Waals surface area contributed by atoms with E-state index in [1.165, 1.54) is 19.2 Å². The average molecular weight is 732 g/mol. The van der Waals surface area contributed by atoms with Gasteiger partial charge in [-0.3, -0.25) is 28.8 Å². The zero-order valence-electron chi connectivity index (χ0n) is 28.9. The Bertz CT molecular complexity index is 1890. The summed E-state index contributed by atoms with van der Waals surface area (Å²) in [7, 11) is 1.50. The van der Waals surface area contributed by atoms with Gasteiger partial charge in [0.2, 0.25) is 5.91 Å². The largest absolute Gasteiger partial charge is 0.497 e. The highest BCUT2D eigenvalue weighted by Gasteiger charge is 2.29. The first-order valence-corrected chi connectivity index (χ1v) is 16.7. The Hall–Kier alpha value is -6.45. The van der Waals surface area contributed by atoms with E-state index in [-0.39, 0.29) is 48.8 Å². The number of nitrogens with one attached hydrogen (secondary N) is 2. The van der Waals surface area contributed by atoms with Crippen molar-refractivity contribution in [1.29, 1.82) is 0 Å². The number of fused-ring (bicyclic) bond motifs is 2. The number of ether oxygens (including phenoxy) is 2. The minimum absolute atomic E-state index is 0.00468. The summed E-state index contributed by atoms with van der Waals surface area (Å²) >= 11 is 0. The van der Waals surface area contributed by atoms with Gasteiger partial charge in [-0.15, -0.1) is 0 Å². The molecule has 0 radical (unpaired) electrons. The number of ketones is 1. The van der Waals surface area contributed by atoms with Gasteiger partial charge in [-0.25, -0.2) is 4.99 Å². The maximum atomic E-state index is 14.2. The smallest absolute Gasteiger partial charge is 0.307 e. The number of amides is 2. The van der Waals surface area contributed by atoms with Crippen LogP contribution in [0.5, 0.6) is 11.5 Å². The van der Waals surface area contributed by atoms with E-state index in [2.05, 4.69) is 15.6 Å². The highest BCUT2D eigenvalue weighted by atomic mass is 16.5. The summed E-state index contributed by atoms with van der Waals surface area (Å²) in [6.45, 7) is 0.0827. The molecule has 0 unspecified atom stereocenters. The fourth-order valence-corrected chi connectivity index (χ4v) is 6.00. The van der Waals surface area contributed by atoms with E-state index in [0.717, 1.165) is 0 Å². The number of hydrogen-bond donors (Lipinski definition) is 7. The SMILES string of the molecule is COc1ccc(C[C@H](CC(=O)c2c(CCC(=O)NC(CC(=O)O)CC(=O)O)ccc3c2OCCCc2cc(N=C(N)N)ccc2C(=O)N3)C(=O)O)cc1. The maximum absolute atomic E-state index is 14.2. The van der Waals surface area contributed by atoms with Gasteiger partial charge in [-0.2, -0.15) is 0 Å². The number of carboxylic acid groups (broad SMARTS) is 3. The van der Waals surface area contributed by atoms with E-state index < -0.39 is 66.7 Å². The first kappa shape index (κ1) is 39.3. The van der Waals surface area contributed by atoms with Crippen molar-refractivity contribution in [3.05, 3.63) is 82.4 Å². The molecule has 0 fully saturated rings. The molecule has 0 bridgehead atoms. The summed E-state index contributed by atoms with van der Waals surface area (Å²) in [5.74, 6) is -6.31. The van der Waals surface area contributed by atoms with Gasteiger partial charge in [0.25, 0.3) is 5.91 Å². The second-order valence-electron chi connectivity index (χ2n) is 12.4. The average Bonchev–Trinajstić information content (AvgIpc) is 3.08. The summed E-state index contributed by atoms with van der Waals surface area (Å²) < 4.78 is 11.3. The third-order valence-electron chi connectivity index (χ3n) is 8.45. The molecule has 0 saturated heterocycles. The molecule has 1 aliphatic heterocycles. The van der Waals surface area contributed by atoms with E-state index in [4.69, 9.17) is 31.2 Å². The number of carbonyl (C=O) groups is 6. The van der Waals surface area contributed by atoms with Crippen molar-refractivity contribution in [3.63, 3.8) is 0 Å². The number of carbonyl (C=O) groups excluding carboxylic acids is 3. The predicted octanol–water partition coefficient (Wildman–Crippen LogP) is 3.06. The van der Waals surface area contributed by atoms with E-state index in [9.17, 15) is 33.9 Å². The zero-order chi connectivity index (χ0) is 38.7. The van der Waals surface area contributed by atoms with Gasteiger partial charge in [-0.05, 0) is 78.8 Å². The number of methoxy groups -OCH3 is 1. The number of nitrogens with zero attached hydrogens (tertiary/aromatic N) is 1. The molecule has 16 nitrogen and oxygen atoms in total. The number of aryl methyl sites for hydroxylation is 2. The molecule has 0 saturated carbocycles. The minimum atomic E-state index is -1.29. The number of hydrogen-bond acceptors (Lipinski definition) is 9. The number of aliphatic imine (C=N–C) groups is 1. The van der Waals surface area contributed by atoms with Crippen molar-refractivity contribution >= 4 is 52.8 Å². The summed E-state index contributed by atoms with van der Waals surface area (Å²) in [5.41, 5.74) is 13.6. The number of aliphatic carboxylic acids is 3. The van der Waals surface area contributed by atoms with Crippen LogP contribution in [0.25, 0.3) is 0 Å². The van der Waals surface area contributed by atoms with Gasteiger partial charge in [0.05, 0.1) is 49.4 Å². The van der Waals surface area contributed by atoms with Gasteiger partial charge in [0.15, 0.2) is 17.5 Å². The van der Waals surface area contributed by atoms with Gasteiger partial charge in [-0.1, -0.05) is 18.2 Å². The summed E-state index contributed by atoms with van der Waals surface area (Å²) in [4.78, 5) is 79.7. The van der Waals surface area contributed by atoms with Crippen LogP contribution in [0.4, 0.5) is 11.4 Å². The molecule has 3 aromatic rings. The van der Waals surface area contributed by atoms with Crippen molar-refractivity contribution in [3.8, 4) is 11.5 Å². The number of Topliss-reactive ketones (excluding diaryl/α,β-unsaturated/α-hetero) is 1. The first-order chi connectivity index (χ1) is 25.2. The normalized spacial score (nSPS) is 12.9. The van der Waals surface area contributed by atoms with Crippen molar-refractivity contribution in [2.45, 2.75) is 57.4 Å². The standard InChI is InChI=1S/C37H41N5O11/c1-52-26-9-4-20(5-10-26)15-23(36(50)51)17-29(43)33-21(7-13-30(44)40-25(18-31(45)46)19-32(47)48)6-12-28-34(33)53-14-2-3-22-16-24(41-37(38)39)8-11-27(22)35(49)42-28/h4-6,8-12,16,23,25H,2-3,7,13-15,17-19H2,1H3,(H,40,44)(H,42,49)(H,45,46)(H,47,48)(H,50,51)(H4,38,39,41)/t23-/m1/s1. The quantitative estimate of drug-likeness (QED) is 0.0635. The molecule has 0 aromatic heterocycles. The monoisotopic (exact) mass is 731 g/mol. The lowest BCUT2D eigenvalue weighted by Gasteiger charge is -2.22. The molecule has 0 aliphatic carbocycles. The van der Waals surface area contributed by atoms with Crippen LogP contribution in [0.2, 0.25) is 0 Å². The first-order valence-electron chi connectivity index (χ1n) is 16.7. The van der Waals surface area contributed by atoms with Crippen LogP contribution in [-0.2, 0) is 38.4 Å². The fraction of sp³-hybridized carbons (Fsp3) is 0.324. The van der Waals surface area contributed by atoms with E-state index in [0.29, 0.717) is 46.5 Å². The van der Waals surface area contributed by atoms with Crippen molar-refractivity contribution < 1.29 is 53.6 Å². The predicted molar refractivity (Wildman–Crippen MR) is 192 cm³/mol. The number of anilines is 1. The molecule has 1 aliphatic rings. The zero-order valence-corrected chi connectivity index (χ0v) is 28.9. The molecule has 1 heterocycles. The lowest BCUT2D eigenvalue weighted by Crippen LogP contribution is -2.38. The maximum Gasteiger partial charge on any atom is 0.307 e. The van der Waals surface area contributed by atoms with Crippen LogP contribution in [0, 0.1) is 5.92 Å². The molecular formula is C37H41N5O11. The van der Waals surface area contributed by atoms with Crippen LogP contribution in [0.15, 0.2) is 59.6 Å². The second-order valence-corrected chi connectivity index (χ2v) is 12.4. The highest BCUT2D eigenvalue weighted by Crippen LogP contribution is 2.36. The molecule has 53 heavy (non-hydrogen) atoms. The van der Waals surface area contributed by atoms with E-state index in [1.54, 1.807) is 42.5 Å². The number of nitrogens with two attached hydrogens (primary N) is 2. The van der Waals surface area contributed by atoms with Crippen molar-refractivity contribution in [2.75, 3.05) is 19.0 Å². The van der Waals surface area contributed by atoms with Crippen molar-refractivity contribution in [2.24, 2.45) is 22.4 Å². The van der Waals surface area contributed by atoms with E-state index >= 15 is 0 Å². The van der Waals surface area contributed by atoms with Crippen LogP contribution < -0.4 is 31.6 Å². The summed E-state index contributed by atoms with van der Waals surface area (Å²) in [6.07, 6.45) is -1.25. The molecular weight excluding hydrogens is 690 g/mol. The van der Waals surface area contributed by atoms with Crippen LogP contribution in [0.1, 0.15) is 69.5 Å². The van der Waals surface area contributed by atoms with Crippen LogP contribution >= 0.6 is 0 Å². The fourth-order valence-electron chi connectivity index (χ4n) is 6.00. The van der Waals surface area contributed by atoms with Gasteiger partial charge in [0, 0.05) is 24.4 Å². The summed E-state index contributed by atoms with van der Waals surface area (Å²) in [5, 5.41) is 33.7. The molecule has 9 N–H and O–H groups in total. The lowest BCUT2D eigenvalue weighted by molar-refractivity contribution is -0.142. The van der Waals surface area contributed by atoms with Crippen LogP contribution in [-0.4, -0.2) is 76.5 Å². The number of guanidine groups is 1. The third kappa shape index (κ3) is 11.3. The third-order valence-corrected chi connectivity index (χ3v) is 8.45. The number of carboxylic acids is 3. The van der Waals surface area contributed by atoms with Gasteiger partial charge in [0.1, 0.15) is 5.75 Å². The molecule has 3 aromatic carbocycles. The molecule has 4 rings (SSSR count). The minimum Gasteiger partial charge on any atom is -0.497 e. The molecule has 280 valence electrons. The number of benzene rings is 3. The van der Waals surface area contributed by atoms with E-state index in [1.807, 2.05) is 0 Å². The topological polar surface area (TPSA) is 270 Å². The van der Waals surface area contributed by atoms with Gasteiger partial charge < -0.3 is 46.9 Å². The summed E-state index contributed by atoms with van der Waals surface area (Å²) in [6, 6.07) is 13.5. The molecule has 1 atom stereocenters. The van der Waals surface area contributed by atoms with Crippen molar-refractivity contribution in [1.82, 2.24) is 5.32 Å². The Morgan fingerprint density at radius 2 is 1.66 bits per heavy atom. The highest BCUT2D eigenvalue weighted by molar-refractivity contribution is 6.09. The Morgan fingerprint density at radius 3 is 2.28 bits per heavy atom. The molecule has 0 spiro atoms. The Kier molecular flexibility index (Phi) is 13.5. The Balaban J connectivity index is 1.70. The molecule has 16 heteroatoms. The van der Waals surface area contributed by atoms with Crippen LogP contribution in [0.3, 0.4) is 0 Å². The Labute approximate surface area is 304 Å². The Morgan fingerprint density at radius 1 is 0.962 bits per heavy atom.